The molecular formula is C13H21N3. The Morgan fingerprint density at radius 1 is 1.31 bits per heavy atom. The van der Waals surface area contributed by atoms with Crippen LogP contribution in [0.25, 0.3) is 0 Å². The zero-order valence-electron chi connectivity index (χ0n) is 10.3. The molecule has 1 saturated heterocycles. The lowest BCUT2D eigenvalue weighted by atomic mass is 9.98. The van der Waals surface area contributed by atoms with Crippen LogP contribution in [0.1, 0.15) is 43.7 Å². The lowest BCUT2D eigenvalue weighted by molar-refractivity contribution is 0.289. The first-order valence-corrected chi connectivity index (χ1v) is 6.50. The van der Waals surface area contributed by atoms with Crippen LogP contribution in [0.2, 0.25) is 0 Å². The molecule has 0 saturated carbocycles. The summed E-state index contributed by atoms with van der Waals surface area (Å²) >= 11 is 0. The predicted molar refractivity (Wildman–Crippen MR) is 64.3 cm³/mol. The fraction of sp³-hybridized carbons (Fsp3) is 0.769. The average molecular weight is 219 g/mol. The van der Waals surface area contributed by atoms with Gasteiger partial charge in [0.1, 0.15) is 5.82 Å². The second kappa shape index (κ2) is 3.88. The van der Waals surface area contributed by atoms with Gasteiger partial charge < -0.3 is 4.57 Å². The van der Waals surface area contributed by atoms with Gasteiger partial charge in [0, 0.05) is 18.4 Å². The standard InChI is InChI=1S/C13H21N3/c1-10-5-7-16-11(8-10)9-14-13(16)12-4-3-6-15(12)2/h9-10,12H,3-8H2,1-2H3. The Labute approximate surface area is 97.5 Å². The summed E-state index contributed by atoms with van der Waals surface area (Å²) in [7, 11) is 2.23. The first-order valence-electron chi connectivity index (χ1n) is 6.50. The highest BCUT2D eigenvalue weighted by Crippen LogP contribution is 2.32. The van der Waals surface area contributed by atoms with Crippen molar-refractivity contribution >= 4 is 0 Å². The normalized spacial score (nSPS) is 30.6. The molecule has 3 heteroatoms. The number of hydrogen-bond donors (Lipinski definition) is 0. The molecule has 3 heterocycles. The van der Waals surface area contributed by atoms with E-state index in [9.17, 15) is 0 Å². The Kier molecular flexibility index (Phi) is 2.51. The van der Waals surface area contributed by atoms with Crippen LogP contribution in [0.15, 0.2) is 6.20 Å². The van der Waals surface area contributed by atoms with Gasteiger partial charge in [0.15, 0.2) is 0 Å². The van der Waals surface area contributed by atoms with Gasteiger partial charge in [-0.25, -0.2) is 4.98 Å². The smallest absolute Gasteiger partial charge is 0.126 e. The van der Waals surface area contributed by atoms with E-state index in [1.165, 1.54) is 50.3 Å². The third-order valence-corrected chi connectivity index (χ3v) is 4.19. The van der Waals surface area contributed by atoms with Gasteiger partial charge in [0.25, 0.3) is 0 Å². The molecule has 2 unspecified atom stereocenters. The van der Waals surface area contributed by atoms with E-state index < -0.39 is 0 Å². The Morgan fingerprint density at radius 2 is 2.19 bits per heavy atom. The van der Waals surface area contributed by atoms with Crippen LogP contribution in [0.3, 0.4) is 0 Å². The van der Waals surface area contributed by atoms with Crippen LogP contribution in [0.5, 0.6) is 0 Å². The number of hydrogen-bond acceptors (Lipinski definition) is 2. The lowest BCUT2D eigenvalue weighted by Crippen LogP contribution is -2.24. The summed E-state index contributed by atoms with van der Waals surface area (Å²) in [6, 6.07) is 0.571. The molecule has 3 nitrogen and oxygen atoms in total. The molecule has 0 N–H and O–H groups in total. The maximum Gasteiger partial charge on any atom is 0.126 e. The molecule has 0 aliphatic carbocycles. The lowest BCUT2D eigenvalue weighted by Gasteiger charge is -2.25. The summed E-state index contributed by atoms with van der Waals surface area (Å²) in [5.41, 5.74) is 1.45. The SMILES string of the molecule is CC1CCn2c(cnc2C2CCCN2C)C1. The van der Waals surface area contributed by atoms with E-state index >= 15 is 0 Å². The molecule has 0 spiro atoms. The van der Waals surface area contributed by atoms with Gasteiger partial charge in [-0.3, -0.25) is 4.90 Å². The highest BCUT2D eigenvalue weighted by molar-refractivity contribution is 5.12. The predicted octanol–water partition coefficient (Wildman–Crippen LogP) is 2.23. The van der Waals surface area contributed by atoms with Crippen LogP contribution in [0, 0.1) is 5.92 Å². The topological polar surface area (TPSA) is 21.1 Å². The third-order valence-electron chi connectivity index (χ3n) is 4.19. The Balaban J connectivity index is 1.91. The number of aromatic nitrogens is 2. The molecule has 3 rings (SSSR count). The number of imidazole rings is 1. The van der Waals surface area contributed by atoms with Crippen LogP contribution < -0.4 is 0 Å². The van der Waals surface area contributed by atoms with E-state index in [4.69, 9.17) is 0 Å². The second-order valence-corrected chi connectivity index (χ2v) is 5.50. The maximum atomic E-state index is 4.69. The van der Waals surface area contributed by atoms with E-state index in [2.05, 4.69) is 34.6 Å². The molecule has 88 valence electrons. The Bertz CT molecular complexity index is 383. The molecule has 2 aliphatic rings. The van der Waals surface area contributed by atoms with Crippen molar-refractivity contribution in [2.24, 2.45) is 5.92 Å². The first-order chi connectivity index (χ1) is 7.75. The minimum Gasteiger partial charge on any atom is -0.331 e. The van der Waals surface area contributed by atoms with E-state index in [0.717, 1.165) is 5.92 Å². The van der Waals surface area contributed by atoms with Gasteiger partial charge in [-0.15, -0.1) is 0 Å². The molecule has 0 radical (unpaired) electrons. The van der Waals surface area contributed by atoms with Crippen molar-refractivity contribution in [1.29, 1.82) is 0 Å². The van der Waals surface area contributed by atoms with Crippen molar-refractivity contribution in [3.8, 4) is 0 Å². The van der Waals surface area contributed by atoms with E-state index in [-0.39, 0.29) is 0 Å². The monoisotopic (exact) mass is 219 g/mol. The Hall–Kier alpha value is -0.830. The second-order valence-electron chi connectivity index (χ2n) is 5.50. The van der Waals surface area contributed by atoms with Gasteiger partial charge in [0.05, 0.1) is 6.04 Å². The average Bonchev–Trinajstić information content (AvgIpc) is 2.83. The summed E-state index contributed by atoms with van der Waals surface area (Å²) < 4.78 is 2.48. The van der Waals surface area contributed by atoms with Crippen LogP contribution in [-0.2, 0) is 13.0 Å². The van der Waals surface area contributed by atoms with Crippen molar-refractivity contribution in [2.75, 3.05) is 13.6 Å². The molecule has 0 bridgehead atoms. The number of rotatable bonds is 1. The van der Waals surface area contributed by atoms with Crippen LogP contribution in [-0.4, -0.2) is 28.0 Å². The molecule has 0 aromatic carbocycles. The largest absolute Gasteiger partial charge is 0.331 e. The molecule has 1 fully saturated rings. The summed E-state index contributed by atoms with van der Waals surface area (Å²) in [5, 5.41) is 0. The fourth-order valence-corrected chi connectivity index (χ4v) is 3.16. The summed E-state index contributed by atoms with van der Waals surface area (Å²) in [4.78, 5) is 7.14. The van der Waals surface area contributed by atoms with Gasteiger partial charge in [0.2, 0.25) is 0 Å². The van der Waals surface area contributed by atoms with Crippen molar-refractivity contribution in [1.82, 2.24) is 14.5 Å². The highest BCUT2D eigenvalue weighted by Gasteiger charge is 2.29. The first kappa shape index (κ1) is 10.3. The van der Waals surface area contributed by atoms with E-state index in [1.54, 1.807) is 0 Å². The summed E-state index contributed by atoms with van der Waals surface area (Å²) in [6.07, 6.45) is 7.23. The number of likely N-dealkylation sites (tertiary alicyclic amines) is 1. The van der Waals surface area contributed by atoms with Crippen LogP contribution in [0.4, 0.5) is 0 Å². The zero-order valence-corrected chi connectivity index (χ0v) is 10.3. The molecule has 1 aromatic heterocycles. The molecule has 1 aromatic rings. The van der Waals surface area contributed by atoms with E-state index in [1.807, 2.05) is 0 Å². The third kappa shape index (κ3) is 1.58. The van der Waals surface area contributed by atoms with Crippen molar-refractivity contribution < 1.29 is 0 Å². The zero-order chi connectivity index (χ0) is 11.1. The number of nitrogens with zero attached hydrogens (tertiary/aromatic N) is 3. The van der Waals surface area contributed by atoms with Gasteiger partial charge >= 0.3 is 0 Å². The molecule has 0 amide bonds. The van der Waals surface area contributed by atoms with Crippen molar-refractivity contribution in [3.05, 3.63) is 17.7 Å². The quantitative estimate of drug-likeness (QED) is 0.722. The maximum absolute atomic E-state index is 4.69. The number of fused-ring (bicyclic) bond motifs is 1. The molecule has 2 atom stereocenters. The molecule has 2 aliphatic heterocycles. The van der Waals surface area contributed by atoms with Crippen molar-refractivity contribution in [2.45, 2.75) is 45.2 Å². The fourth-order valence-electron chi connectivity index (χ4n) is 3.16. The highest BCUT2D eigenvalue weighted by atomic mass is 15.2. The van der Waals surface area contributed by atoms with Crippen LogP contribution >= 0.6 is 0 Å². The summed E-state index contributed by atoms with van der Waals surface area (Å²) in [5.74, 6) is 2.15. The van der Waals surface area contributed by atoms with Gasteiger partial charge in [-0.2, -0.15) is 0 Å². The molecule has 16 heavy (non-hydrogen) atoms. The minimum atomic E-state index is 0.571. The van der Waals surface area contributed by atoms with E-state index in [0.29, 0.717) is 6.04 Å². The Morgan fingerprint density at radius 3 is 2.94 bits per heavy atom. The summed E-state index contributed by atoms with van der Waals surface area (Å²) in [6.45, 7) is 4.75. The van der Waals surface area contributed by atoms with Gasteiger partial charge in [-0.1, -0.05) is 6.92 Å². The van der Waals surface area contributed by atoms with Crippen molar-refractivity contribution in [3.63, 3.8) is 0 Å². The van der Waals surface area contributed by atoms with Gasteiger partial charge in [-0.05, 0) is 45.2 Å². The molecular weight excluding hydrogens is 198 g/mol. The minimum absolute atomic E-state index is 0.571.